The van der Waals surface area contributed by atoms with Gasteiger partial charge in [-0.15, -0.1) is 10.2 Å². The molecule has 2 atom stereocenters. The highest BCUT2D eigenvalue weighted by atomic mass is 127. The van der Waals surface area contributed by atoms with Crippen LogP contribution in [0.1, 0.15) is 29.9 Å². The van der Waals surface area contributed by atoms with Crippen LogP contribution >= 0.6 is 34.2 Å². The number of alkyl halides is 1. The SMILES string of the molecule is Cn1cnnc1-c1c(CO)c(C2C=CC(I)CC2)cc2c1c(-c1cccc(Cl)c1)nc1nnnn12. The smallest absolute Gasteiger partial charge is 0.274 e. The van der Waals surface area contributed by atoms with Crippen molar-refractivity contribution in [3.63, 3.8) is 0 Å². The van der Waals surface area contributed by atoms with Crippen molar-refractivity contribution in [2.45, 2.75) is 29.3 Å². The fourth-order valence-electron chi connectivity index (χ4n) is 4.85. The summed E-state index contributed by atoms with van der Waals surface area (Å²) in [5, 5.41) is 32.9. The molecule has 176 valence electrons. The average molecular weight is 599 g/mol. The second-order valence-corrected chi connectivity index (χ2v) is 10.6. The highest BCUT2D eigenvalue weighted by Crippen LogP contribution is 2.43. The second kappa shape index (κ2) is 8.92. The van der Waals surface area contributed by atoms with Gasteiger partial charge < -0.3 is 9.67 Å². The summed E-state index contributed by atoms with van der Waals surface area (Å²) in [6.45, 7) is -0.159. The van der Waals surface area contributed by atoms with E-state index in [1.807, 2.05) is 35.9 Å². The summed E-state index contributed by atoms with van der Waals surface area (Å²) in [5.41, 5.74) is 4.86. The van der Waals surface area contributed by atoms with Crippen LogP contribution in [0.25, 0.3) is 39.3 Å². The minimum absolute atomic E-state index is 0.147. The van der Waals surface area contributed by atoms with Crippen molar-refractivity contribution in [2.24, 2.45) is 7.05 Å². The molecule has 0 saturated carbocycles. The Balaban J connectivity index is 1.80. The lowest BCUT2D eigenvalue weighted by Crippen LogP contribution is -2.12. The van der Waals surface area contributed by atoms with Gasteiger partial charge in [-0.3, -0.25) is 0 Å². The van der Waals surface area contributed by atoms with E-state index in [2.05, 4.69) is 66.5 Å². The maximum atomic E-state index is 10.7. The molecule has 3 heterocycles. The standard InChI is InChI=1S/C24H20ClIN8O/c1-33-12-27-29-23(33)20-18(11-35)17(13-5-7-16(26)8-6-13)10-19-21(20)22(14-3-2-4-15(25)9-14)28-24-30-31-32-34(19)24/h2-5,7,9-10,12-13,16,35H,6,8,11H2,1H3. The van der Waals surface area contributed by atoms with Gasteiger partial charge in [-0.1, -0.05) is 63.6 Å². The molecule has 9 nitrogen and oxygen atoms in total. The lowest BCUT2D eigenvalue weighted by Gasteiger charge is -2.25. The Morgan fingerprint density at radius 3 is 2.77 bits per heavy atom. The molecule has 1 aliphatic rings. The number of aryl methyl sites for hydroxylation is 1. The van der Waals surface area contributed by atoms with Gasteiger partial charge in [0.2, 0.25) is 0 Å². The maximum Gasteiger partial charge on any atom is 0.274 e. The third-order valence-electron chi connectivity index (χ3n) is 6.47. The fourth-order valence-corrected chi connectivity index (χ4v) is 5.64. The van der Waals surface area contributed by atoms with Crippen LogP contribution in [-0.2, 0) is 13.7 Å². The van der Waals surface area contributed by atoms with Crippen molar-refractivity contribution < 1.29 is 5.11 Å². The van der Waals surface area contributed by atoms with Crippen molar-refractivity contribution in [3.8, 4) is 22.6 Å². The van der Waals surface area contributed by atoms with Gasteiger partial charge in [0.15, 0.2) is 5.82 Å². The number of aliphatic hydroxyl groups excluding tert-OH is 1. The molecule has 6 rings (SSSR count). The molecule has 0 amide bonds. The van der Waals surface area contributed by atoms with Crippen molar-refractivity contribution in [1.29, 1.82) is 0 Å². The van der Waals surface area contributed by atoms with Crippen LogP contribution in [0.2, 0.25) is 5.02 Å². The molecule has 0 saturated heterocycles. The summed E-state index contributed by atoms with van der Waals surface area (Å²) in [6, 6.07) is 9.60. The lowest BCUT2D eigenvalue weighted by molar-refractivity contribution is 0.280. The van der Waals surface area contributed by atoms with Crippen LogP contribution in [-0.4, -0.2) is 48.8 Å². The quantitative estimate of drug-likeness (QED) is 0.184. The molecule has 35 heavy (non-hydrogen) atoms. The Kier molecular flexibility index (Phi) is 5.73. The summed E-state index contributed by atoms with van der Waals surface area (Å²) >= 11 is 8.81. The second-order valence-electron chi connectivity index (χ2n) is 8.58. The first kappa shape index (κ1) is 22.5. The molecule has 2 unspecified atom stereocenters. The summed E-state index contributed by atoms with van der Waals surface area (Å²) < 4.78 is 3.99. The molecule has 0 aliphatic heterocycles. The number of nitrogens with zero attached hydrogens (tertiary/aromatic N) is 8. The van der Waals surface area contributed by atoms with Crippen LogP contribution in [0.4, 0.5) is 0 Å². The first-order chi connectivity index (χ1) is 17.0. The van der Waals surface area contributed by atoms with Gasteiger partial charge in [0.25, 0.3) is 5.78 Å². The minimum Gasteiger partial charge on any atom is -0.392 e. The molecule has 0 bridgehead atoms. The number of hydrogen-bond acceptors (Lipinski definition) is 7. The average Bonchev–Trinajstić information content (AvgIpc) is 3.51. The van der Waals surface area contributed by atoms with Gasteiger partial charge in [-0.25, -0.2) is 4.98 Å². The molecule has 0 spiro atoms. The first-order valence-electron chi connectivity index (χ1n) is 11.2. The Morgan fingerprint density at radius 1 is 1.17 bits per heavy atom. The van der Waals surface area contributed by atoms with Gasteiger partial charge in [0.1, 0.15) is 6.33 Å². The number of rotatable bonds is 4. The number of halogens is 2. The van der Waals surface area contributed by atoms with E-state index in [0.717, 1.165) is 46.0 Å². The molecular weight excluding hydrogens is 579 g/mol. The number of allylic oxidation sites excluding steroid dienone is 2. The number of aliphatic hydroxyl groups is 1. The van der Waals surface area contributed by atoms with Crippen LogP contribution in [0.3, 0.4) is 0 Å². The third kappa shape index (κ3) is 3.80. The van der Waals surface area contributed by atoms with E-state index in [4.69, 9.17) is 16.6 Å². The largest absolute Gasteiger partial charge is 0.392 e. The number of benzene rings is 2. The van der Waals surface area contributed by atoms with Gasteiger partial charge in [0, 0.05) is 38.4 Å². The monoisotopic (exact) mass is 598 g/mol. The van der Waals surface area contributed by atoms with E-state index in [9.17, 15) is 5.11 Å². The minimum atomic E-state index is -0.159. The van der Waals surface area contributed by atoms with Crippen molar-refractivity contribution >= 4 is 50.9 Å². The van der Waals surface area contributed by atoms with E-state index in [1.165, 1.54) is 0 Å². The maximum absolute atomic E-state index is 10.7. The number of tetrazole rings is 1. The zero-order valence-corrected chi connectivity index (χ0v) is 21.6. The summed E-state index contributed by atoms with van der Waals surface area (Å²) in [7, 11) is 1.89. The molecule has 1 aliphatic carbocycles. The number of fused-ring (bicyclic) bond motifs is 3. The Bertz CT molecular complexity index is 1610. The highest BCUT2D eigenvalue weighted by Gasteiger charge is 2.27. The molecule has 0 fully saturated rings. The summed E-state index contributed by atoms with van der Waals surface area (Å²) in [5.74, 6) is 1.16. The van der Waals surface area contributed by atoms with Crippen LogP contribution in [0.15, 0.2) is 48.8 Å². The van der Waals surface area contributed by atoms with Crippen LogP contribution in [0.5, 0.6) is 0 Å². The van der Waals surface area contributed by atoms with E-state index in [0.29, 0.717) is 26.2 Å². The summed E-state index contributed by atoms with van der Waals surface area (Å²) in [6.07, 6.45) is 8.16. The van der Waals surface area contributed by atoms with Crippen molar-refractivity contribution in [2.75, 3.05) is 0 Å². The van der Waals surface area contributed by atoms with E-state index in [-0.39, 0.29) is 12.5 Å². The number of hydrogen-bond donors (Lipinski definition) is 1. The van der Waals surface area contributed by atoms with Crippen molar-refractivity contribution in [3.05, 3.63) is 65.0 Å². The Labute approximate surface area is 219 Å². The zero-order chi connectivity index (χ0) is 24.1. The van der Waals surface area contributed by atoms with E-state index < -0.39 is 0 Å². The van der Waals surface area contributed by atoms with Gasteiger partial charge in [-0.05, 0) is 52.6 Å². The zero-order valence-electron chi connectivity index (χ0n) is 18.7. The topological polar surface area (TPSA) is 107 Å². The molecule has 3 aromatic heterocycles. The van der Waals surface area contributed by atoms with E-state index in [1.54, 1.807) is 10.8 Å². The molecular formula is C24H20ClIN8O. The van der Waals surface area contributed by atoms with Gasteiger partial charge in [-0.2, -0.15) is 4.52 Å². The molecule has 5 aromatic rings. The third-order valence-corrected chi connectivity index (χ3v) is 7.75. The van der Waals surface area contributed by atoms with E-state index >= 15 is 0 Å². The molecule has 0 radical (unpaired) electrons. The predicted octanol–water partition coefficient (Wildman–Crippen LogP) is 4.52. The molecule has 11 heteroatoms. The van der Waals surface area contributed by atoms with Gasteiger partial charge >= 0.3 is 0 Å². The van der Waals surface area contributed by atoms with Crippen LogP contribution < -0.4 is 0 Å². The highest BCUT2D eigenvalue weighted by molar-refractivity contribution is 14.1. The van der Waals surface area contributed by atoms with Crippen molar-refractivity contribution in [1.82, 2.24) is 39.8 Å². The number of aromatic nitrogens is 8. The lowest BCUT2D eigenvalue weighted by atomic mass is 9.83. The van der Waals surface area contributed by atoms with Gasteiger partial charge in [0.05, 0.1) is 17.8 Å². The predicted molar refractivity (Wildman–Crippen MR) is 141 cm³/mol. The fraction of sp³-hybridized carbons (Fsp3) is 0.250. The normalized spacial score (nSPS) is 18.1. The Hall–Kier alpha value is -2.96. The molecule has 2 aromatic carbocycles. The Morgan fingerprint density at radius 2 is 2.06 bits per heavy atom. The first-order valence-corrected chi connectivity index (χ1v) is 12.8. The summed E-state index contributed by atoms with van der Waals surface area (Å²) in [4.78, 5) is 4.82. The van der Waals surface area contributed by atoms with Crippen LogP contribution in [0, 0.1) is 0 Å². The molecule has 1 N–H and O–H groups in total.